The van der Waals surface area contributed by atoms with E-state index in [9.17, 15) is 13.2 Å². The Morgan fingerprint density at radius 3 is 2.43 bits per heavy atom. The molecule has 3 N–H and O–H groups in total. The van der Waals surface area contributed by atoms with Crippen molar-refractivity contribution >= 4 is 38.1 Å². The lowest BCUT2D eigenvalue weighted by Crippen LogP contribution is -2.33. The number of piperidine rings is 1. The highest BCUT2D eigenvalue weighted by Crippen LogP contribution is 2.41. The summed E-state index contributed by atoms with van der Waals surface area (Å²) in [6, 6.07) is 23.7. The smallest absolute Gasteiger partial charge is 0.317 e. The number of nitrogens with zero attached hydrogens (tertiary/aromatic N) is 3. The van der Waals surface area contributed by atoms with Gasteiger partial charge in [-0.1, -0.05) is 62.7 Å². The Kier molecular flexibility index (Phi) is 8.67. The quantitative estimate of drug-likeness (QED) is 0.174. The normalized spacial score (nSPS) is 15.0. The SMILES string of the molecule is Cc1ccc(-n2nc(C(C)(C)C)cc2NC(=O)Nc2cccc(C(C3CCNCC3)S(=O)(=O)c3cccc4cnccc34)c2)cc1. The fourth-order valence-electron chi connectivity index (χ4n) is 6.12. The first-order chi connectivity index (χ1) is 22.0. The van der Waals surface area contributed by atoms with Crippen LogP contribution in [-0.2, 0) is 15.3 Å². The lowest BCUT2D eigenvalue weighted by molar-refractivity contribution is 0.262. The van der Waals surface area contributed by atoms with E-state index in [2.05, 4.69) is 41.7 Å². The van der Waals surface area contributed by atoms with Crippen LogP contribution in [-0.4, -0.2) is 42.3 Å². The highest BCUT2D eigenvalue weighted by atomic mass is 32.2. The molecule has 0 radical (unpaired) electrons. The number of rotatable bonds is 7. The third-order valence-electron chi connectivity index (χ3n) is 8.56. The molecule has 3 aromatic carbocycles. The van der Waals surface area contributed by atoms with Crippen LogP contribution in [0.1, 0.15) is 55.7 Å². The minimum atomic E-state index is -3.82. The van der Waals surface area contributed by atoms with Gasteiger partial charge in [-0.2, -0.15) is 5.10 Å². The number of benzene rings is 3. The Bertz CT molecular complexity index is 1970. The summed E-state index contributed by atoms with van der Waals surface area (Å²) in [5.74, 6) is 0.440. The molecule has 2 amide bonds. The number of aryl methyl sites for hydroxylation is 1. The van der Waals surface area contributed by atoms with Crippen molar-refractivity contribution in [3.63, 3.8) is 0 Å². The maximum atomic E-state index is 14.5. The summed E-state index contributed by atoms with van der Waals surface area (Å²) in [6.07, 6.45) is 4.77. The van der Waals surface area contributed by atoms with Gasteiger partial charge in [0.25, 0.3) is 0 Å². The molecule has 1 atom stereocenters. The van der Waals surface area contributed by atoms with E-state index < -0.39 is 21.1 Å². The predicted octanol–water partition coefficient (Wildman–Crippen LogP) is 7.19. The summed E-state index contributed by atoms with van der Waals surface area (Å²) in [7, 11) is -3.82. The van der Waals surface area contributed by atoms with Crippen molar-refractivity contribution in [1.29, 1.82) is 0 Å². The zero-order valence-electron chi connectivity index (χ0n) is 26.6. The van der Waals surface area contributed by atoms with E-state index in [4.69, 9.17) is 5.10 Å². The largest absolute Gasteiger partial charge is 0.324 e. The van der Waals surface area contributed by atoms with E-state index in [0.29, 0.717) is 27.4 Å². The molecule has 9 nitrogen and oxygen atoms in total. The molecular weight excluding hydrogens is 597 g/mol. The first kappa shape index (κ1) is 31.4. The molecule has 0 saturated carbocycles. The molecule has 6 rings (SSSR count). The van der Waals surface area contributed by atoms with Gasteiger partial charge in [0.1, 0.15) is 5.82 Å². The standard InChI is InChI=1S/C36H40N6O3S/c1-24-11-13-29(14-12-24)42-33(22-32(41-42)36(2,3)4)40-35(43)39-28-9-5-7-26(21-28)34(25-15-18-37-19-16-25)46(44,45)31-10-6-8-27-23-38-20-17-30(27)31/h5-14,17,20-23,25,34,37H,15-16,18-19H2,1-4H3,(H2,39,40,43). The molecule has 238 valence electrons. The van der Waals surface area contributed by atoms with Crippen molar-refractivity contribution in [2.45, 2.75) is 56.1 Å². The maximum absolute atomic E-state index is 14.5. The van der Waals surface area contributed by atoms with Crippen LogP contribution in [0.2, 0.25) is 0 Å². The zero-order chi connectivity index (χ0) is 32.5. The highest BCUT2D eigenvalue weighted by Gasteiger charge is 2.37. The Morgan fingerprint density at radius 2 is 1.70 bits per heavy atom. The summed E-state index contributed by atoms with van der Waals surface area (Å²) in [4.78, 5) is 17.9. The second-order valence-corrected chi connectivity index (χ2v) is 15.1. The average molecular weight is 637 g/mol. The van der Waals surface area contributed by atoms with E-state index >= 15 is 0 Å². The second-order valence-electron chi connectivity index (χ2n) is 13.0. The van der Waals surface area contributed by atoms with Gasteiger partial charge >= 0.3 is 6.03 Å². The minimum Gasteiger partial charge on any atom is -0.317 e. The van der Waals surface area contributed by atoms with Gasteiger partial charge < -0.3 is 10.6 Å². The summed E-state index contributed by atoms with van der Waals surface area (Å²) >= 11 is 0. The first-order valence-corrected chi connectivity index (χ1v) is 17.2. The number of pyridine rings is 1. The van der Waals surface area contributed by atoms with E-state index in [0.717, 1.165) is 48.3 Å². The summed E-state index contributed by atoms with van der Waals surface area (Å²) in [5.41, 5.74) is 3.72. The molecule has 1 aliphatic rings. The van der Waals surface area contributed by atoms with Gasteiger partial charge in [0.05, 0.1) is 21.5 Å². The van der Waals surface area contributed by atoms with Crippen molar-refractivity contribution in [2.75, 3.05) is 23.7 Å². The van der Waals surface area contributed by atoms with Crippen LogP contribution < -0.4 is 16.0 Å². The molecule has 1 unspecified atom stereocenters. The number of hydrogen-bond acceptors (Lipinski definition) is 6. The molecule has 2 aromatic heterocycles. The van der Waals surface area contributed by atoms with Gasteiger partial charge in [-0.15, -0.1) is 0 Å². The van der Waals surface area contributed by atoms with Gasteiger partial charge in [-0.05, 0) is 80.7 Å². The van der Waals surface area contributed by atoms with Gasteiger partial charge in [0, 0.05) is 40.3 Å². The third kappa shape index (κ3) is 6.54. The molecule has 0 spiro atoms. The number of sulfone groups is 1. The van der Waals surface area contributed by atoms with E-state index in [1.807, 2.05) is 49.4 Å². The molecule has 1 fully saturated rings. The van der Waals surface area contributed by atoms with Crippen molar-refractivity contribution in [1.82, 2.24) is 20.1 Å². The minimum absolute atomic E-state index is 0.0906. The Morgan fingerprint density at radius 1 is 0.957 bits per heavy atom. The predicted molar refractivity (Wildman–Crippen MR) is 183 cm³/mol. The number of nitrogens with one attached hydrogen (secondary N) is 3. The van der Waals surface area contributed by atoms with Gasteiger partial charge in [-0.25, -0.2) is 17.9 Å². The van der Waals surface area contributed by atoms with Crippen LogP contribution in [0.15, 0.2) is 96.2 Å². The third-order valence-corrected chi connectivity index (χ3v) is 10.9. The number of urea groups is 1. The lowest BCUT2D eigenvalue weighted by atomic mass is 9.90. The van der Waals surface area contributed by atoms with Crippen molar-refractivity contribution < 1.29 is 13.2 Å². The Hall–Kier alpha value is -4.54. The summed E-state index contributed by atoms with van der Waals surface area (Å²) < 4.78 is 30.8. The number of carbonyl (C=O) groups is 1. The second kappa shape index (κ2) is 12.7. The van der Waals surface area contributed by atoms with E-state index in [1.165, 1.54) is 0 Å². The average Bonchev–Trinajstić information content (AvgIpc) is 3.46. The van der Waals surface area contributed by atoms with Crippen molar-refractivity contribution in [2.24, 2.45) is 5.92 Å². The molecule has 3 heterocycles. The topological polar surface area (TPSA) is 118 Å². The number of fused-ring (bicyclic) bond motifs is 1. The summed E-state index contributed by atoms with van der Waals surface area (Å²) in [6.45, 7) is 9.75. The molecule has 1 saturated heterocycles. The van der Waals surface area contributed by atoms with Crippen molar-refractivity contribution in [3.8, 4) is 5.69 Å². The van der Waals surface area contributed by atoms with Crippen LogP contribution in [0.4, 0.5) is 16.3 Å². The number of aromatic nitrogens is 3. The van der Waals surface area contributed by atoms with Crippen molar-refractivity contribution in [3.05, 3.63) is 108 Å². The Labute approximate surface area is 270 Å². The lowest BCUT2D eigenvalue weighted by Gasteiger charge is -2.31. The van der Waals surface area contributed by atoms with E-state index in [1.54, 1.807) is 53.5 Å². The van der Waals surface area contributed by atoms with Crippen LogP contribution in [0.3, 0.4) is 0 Å². The first-order valence-electron chi connectivity index (χ1n) is 15.6. The monoisotopic (exact) mass is 636 g/mol. The van der Waals surface area contributed by atoms with Crippen LogP contribution in [0.5, 0.6) is 0 Å². The van der Waals surface area contributed by atoms with Gasteiger partial charge in [-0.3, -0.25) is 10.3 Å². The number of hydrogen-bond donors (Lipinski definition) is 3. The summed E-state index contributed by atoms with van der Waals surface area (Å²) in [5, 5.41) is 14.7. The maximum Gasteiger partial charge on any atom is 0.324 e. The number of carbonyl (C=O) groups excluding carboxylic acids is 1. The molecule has 0 aliphatic carbocycles. The molecule has 46 heavy (non-hydrogen) atoms. The van der Waals surface area contributed by atoms with Crippen LogP contribution in [0, 0.1) is 12.8 Å². The number of amides is 2. The van der Waals surface area contributed by atoms with Crippen LogP contribution >= 0.6 is 0 Å². The zero-order valence-corrected chi connectivity index (χ0v) is 27.4. The number of anilines is 2. The van der Waals surface area contributed by atoms with E-state index in [-0.39, 0.29) is 11.3 Å². The van der Waals surface area contributed by atoms with Crippen LogP contribution in [0.25, 0.3) is 16.5 Å². The fourth-order valence-corrected chi connectivity index (χ4v) is 8.44. The van der Waals surface area contributed by atoms with Gasteiger partial charge in [0.2, 0.25) is 0 Å². The highest BCUT2D eigenvalue weighted by molar-refractivity contribution is 7.92. The molecule has 10 heteroatoms. The Balaban J connectivity index is 1.32. The molecule has 0 bridgehead atoms. The molecule has 1 aliphatic heterocycles. The molecular formula is C36H40N6O3S. The molecule has 5 aromatic rings. The van der Waals surface area contributed by atoms with Gasteiger partial charge in [0.15, 0.2) is 9.84 Å². The fraction of sp³-hybridized carbons (Fsp3) is 0.306.